The standard InChI is InChI=1S/C18H21N3OS/c22-17(19-14-7-11-5-6-21(9-11)10-14)13-3-4-16-15(8-13)20-18(23-16)12-1-2-12/h3-4,8,11-12,14H,1-2,5-7,9-10H2,(H,19,22)/t11-,14+/m0/s1. The minimum Gasteiger partial charge on any atom is -0.348 e. The molecule has 1 N–H and O–H groups in total. The lowest BCUT2D eigenvalue weighted by atomic mass is 9.96. The Morgan fingerprint density at radius 2 is 2.17 bits per heavy atom. The van der Waals surface area contributed by atoms with Crippen molar-refractivity contribution in [3.8, 4) is 0 Å². The lowest BCUT2D eigenvalue weighted by Crippen LogP contribution is -2.47. The van der Waals surface area contributed by atoms with Crippen molar-refractivity contribution >= 4 is 27.5 Å². The smallest absolute Gasteiger partial charge is 0.251 e. The van der Waals surface area contributed by atoms with E-state index in [-0.39, 0.29) is 5.91 Å². The second-order valence-electron chi connectivity index (χ2n) is 7.33. The zero-order valence-corrected chi connectivity index (χ0v) is 13.9. The van der Waals surface area contributed by atoms with Crippen LogP contribution in [0.2, 0.25) is 0 Å². The van der Waals surface area contributed by atoms with Crippen LogP contribution in [-0.4, -0.2) is 41.5 Å². The van der Waals surface area contributed by atoms with Crippen LogP contribution < -0.4 is 5.32 Å². The molecule has 3 aliphatic rings. The third-order valence-electron chi connectivity index (χ3n) is 5.39. The Bertz CT molecular complexity index is 755. The van der Waals surface area contributed by atoms with Crippen LogP contribution in [0.15, 0.2) is 18.2 Å². The summed E-state index contributed by atoms with van der Waals surface area (Å²) in [6.45, 7) is 3.43. The van der Waals surface area contributed by atoms with E-state index >= 15 is 0 Å². The number of amides is 1. The van der Waals surface area contributed by atoms with E-state index < -0.39 is 0 Å². The summed E-state index contributed by atoms with van der Waals surface area (Å²) in [4.78, 5) is 19.8. The lowest BCUT2D eigenvalue weighted by molar-refractivity contribution is 0.0909. The molecule has 1 amide bonds. The summed E-state index contributed by atoms with van der Waals surface area (Å²) in [6.07, 6.45) is 4.97. The van der Waals surface area contributed by atoms with Gasteiger partial charge in [0.2, 0.25) is 0 Å². The highest BCUT2D eigenvalue weighted by Gasteiger charge is 2.33. The molecule has 120 valence electrons. The first-order valence-corrected chi connectivity index (χ1v) is 9.50. The van der Waals surface area contributed by atoms with E-state index in [0.717, 1.165) is 30.0 Å². The topological polar surface area (TPSA) is 45.2 Å². The lowest BCUT2D eigenvalue weighted by Gasteiger charge is -2.30. The van der Waals surface area contributed by atoms with Gasteiger partial charge in [-0.15, -0.1) is 11.3 Å². The zero-order chi connectivity index (χ0) is 15.4. The maximum atomic E-state index is 12.6. The van der Waals surface area contributed by atoms with Gasteiger partial charge in [0.15, 0.2) is 0 Å². The number of aromatic nitrogens is 1. The third-order valence-corrected chi connectivity index (χ3v) is 6.59. The van der Waals surface area contributed by atoms with Crippen LogP contribution in [0.25, 0.3) is 10.2 Å². The Morgan fingerprint density at radius 3 is 3.00 bits per heavy atom. The van der Waals surface area contributed by atoms with Crippen molar-refractivity contribution in [2.75, 3.05) is 19.6 Å². The van der Waals surface area contributed by atoms with Gasteiger partial charge in [0.05, 0.1) is 15.2 Å². The molecule has 3 heterocycles. The molecule has 1 aromatic heterocycles. The number of fused-ring (bicyclic) bond motifs is 3. The Kier molecular flexibility index (Phi) is 3.20. The summed E-state index contributed by atoms with van der Waals surface area (Å²) in [6, 6.07) is 6.27. The number of thiazole rings is 1. The van der Waals surface area contributed by atoms with Gasteiger partial charge < -0.3 is 10.2 Å². The van der Waals surface area contributed by atoms with E-state index in [2.05, 4.69) is 16.3 Å². The van der Waals surface area contributed by atoms with E-state index in [1.807, 2.05) is 12.1 Å². The Morgan fingerprint density at radius 1 is 1.26 bits per heavy atom. The summed E-state index contributed by atoms with van der Waals surface area (Å²) in [5.74, 6) is 1.51. The molecule has 23 heavy (non-hydrogen) atoms. The molecule has 4 nitrogen and oxygen atoms in total. The van der Waals surface area contributed by atoms with Crippen molar-refractivity contribution in [1.82, 2.24) is 15.2 Å². The molecule has 5 heteroatoms. The first-order valence-electron chi connectivity index (χ1n) is 8.68. The predicted molar refractivity (Wildman–Crippen MR) is 92.0 cm³/mol. The highest BCUT2D eigenvalue weighted by atomic mass is 32.1. The molecule has 3 fully saturated rings. The van der Waals surface area contributed by atoms with Crippen molar-refractivity contribution in [2.24, 2.45) is 5.92 Å². The van der Waals surface area contributed by atoms with Gasteiger partial charge in [-0.1, -0.05) is 0 Å². The Balaban J connectivity index is 1.33. The third kappa shape index (κ3) is 2.66. The van der Waals surface area contributed by atoms with E-state index in [1.165, 1.54) is 42.1 Å². The summed E-state index contributed by atoms with van der Waals surface area (Å²) < 4.78 is 1.20. The fourth-order valence-electron chi connectivity index (χ4n) is 4.02. The number of hydrogen-bond acceptors (Lipinski definition) is 4. The number of rotatable bonds is 3. The van der Waals surface area contributed by atoms with Gasteiger partial charge in [0.1, 0.15) is 0 Å². The minimum absolute atomic E-state index is 0.0559. The zero-order valence-electron chi connectivity index (χ0n) is 13.1. The largest absolute Gasteiger partial charge is 0.348 e. The van der Waals surface area contributed by atoms with Crippen LogP contribution in [0.4, 0.5) is 0 Å². The highest BCUT2D eigenvalue weighted by molar-refractivity contribution is 7.18. The number of carbonyl (C=O) groups is 1. The molecular weight excluding hydrogens is 306 g/mol. The van der Waals surface area contributed by atoms with E-state index in [1.54, 1.807) is 11.3 Å². The molecule has 1 saturated carbocycles. The average molecular weight is 327 g/mol. The van der Waals surface area contributed by atoms with E-state index in [9.17, 15) is 4.79 Å². The number of nitrogens with zero attached hydrogens (tertiary/aromatic N) is 2. The molecule has 0 spiro atoms. The van der Waals surface area contributed by atoms with Gasteiger partial charge in [-0.2, -0.15) is 0 Å². The summed E-state index contributed by atoms with van der Waals surface area (Å²) >= 11 is 1.78. The molecular formula is C18H21N3OS. The normalized spacial score (nSPS) is 29.8. The summed E-state index contributed by atoms with van der Waals surface area (Å²) in [5, 5.41) is 4.48. The number of carbonyl (C=O) groups excluding carboxylic acids is 1. The van der Waals surface area contributed by atoms with E-state index in [4.69, 9.17) is 4.98 Å². The summed E-state index contributed by atoms with van der Waals surface area (Å²) in [7, 11) is 0. The molecule has 1 aliphatic carbocycles. The van der Waals surface area contributed by atoms with Crippen molar-refractivity contribution in [3.05, 3.63) is 28.8 Å². The van der Waals surface area contributed by atoms with Gasteiger partial charge in [-0.05, 0) is 56.3 Å². The molecule has 2 bridgehead atoms. The number of nitrogens with one attached hydrogen (secondary N) is 1. The molecule has 1 aromatic carbocycles. The first-order chi connectivity index (χ1) is 11.2. The molecule has 3 atom stereocenters. The molecule has 2 aliphatic heterocycles. The number of benzene rings is 1. The molecule has 0 radical (unpaired) electrons. The van der Waals surface area contributed by atoms with Crippen molar-refractivity contribution in [3.63, 3.8) is 0 Å². The quantitative estimate of drug-likeness (QED) is 0.942. The van der Waals surface area contributed by atoms with Crippen LogP contribution in [-0.2, 0) is 0 Å². The van der Waals surface area contributed by atoms with Crippen molar-refractivity contribution in [2.45, 2.75) is 37.6 Å². The van der Waals surface area contributed by atoms with Gasteiger partial charge in [-0.25, -0.2) is 4.98 Å². The van der Waals surface area contributed by atoms with Gasteiger partial charge >= 0.3 is 0 Å². The van der Waals surface area contributed by atoms with E-state index in [0.29, 0.717) is 12.0 Å². The van der Waals surface area contributed by atoms with Crippen LogP contribution >= 0.6 is 11.3 Å². The second-order valence-corrected chi connectivity index (χ2v) is 8.39. The van der Waals surface area contributed by atoms with Gasteiger partial charge in [0, 0.05) is 30.6 Å². The predicted octanol–water partition coefficient (Wildman–Crippen LogP) is 3.00. The second kappa shape index (κ2) is 5.28. The maximum Gasteiger partial charge on any atom is 0.251 e. The first kappa shape index (κ1) is 13.9. The fourth-order valence-corrected chi connectivity index (χ4v) is 5.14. The van der Waals surface area contributed by atoms with Crippen LogP contribution in [0.5, 0.6) is 0 Å². The van der Waals surface area contributed by atoms with Crippen molar-refractivity contribution < 1.29 is 4.79 Å². The maximum absolute atomic E-state index is 12.6. The molecule has 2 aromatic rings. The fraction of sp³-hybridized carbons (Fsp3) is 0.556. The van der Waals surface area contributed by atoms with Gasteiger partial charge in [0.25, 0.3) is 5.91 Å². The highest BCUT2D eigenvalue weighted by Crippen LogP contribution is 2.43. The Labute approximate surface area is 139 Å². The Hall–Kier alpha value is -1.46. The van der Waals surface area contributed by atoms with Crippen LogP contribution in [0.1, 0.15) is 47.0 Å². The van der Waals surface area contributed by atoms with Crippen LogP contribution in [0.3, 0.4) is 0 Å². The number of piperidine rings is 1. The SMILES string of the molecule is O=C(N[C@@H]1C[C@@H]2CCN(C2)C1)c1ccc2sc(C3CC3)nc2c1. The van der Waals surface area contributed by atoms with Crippen LogP contribution in [0, 0.1) is 5.92 Å². The number of hydrogen-bond donors (Lipinski definition) is 1. The minimum atomic E-state index is 0.0559. The van der Waals surface area contributed by atoms with Gasteiger partial charge in [-0.3, -0.25) is 4.79 Å². The monoisotopic (exact) mass is 327 g/mol. The summed E-state index contributed by atoms with van der Waals surface area (Å²) in [5.41, 5.74) is 1.73. The molecule has 1 unspecified atom stereocenters. The average Bonchev–Trinajstić information content (AvgIpc) is 3.23. The molecule has 5 rings (SSSR count). The molecule has 2 saturated heterocycles. The van der Waals surface area contributed by atoms with Crippen molar-refractivity contribution in [1.29, 1.82) is 0 Å².